The Bertz CT molecular complexity index is 743. The number of allylic oxidation sites excluding steroid dienone is 5. The molecule has 0 N–H and O–H groups in total. The van der Waals surface area contributed by atoms with E-state index in [0.717, 1.165) is 57.2 Å². The molecular formula is C25H33FN+. The van der Waals surface area contributed by atoms with Gasteiger partial charge in [0.15, 0.2) is 0 Å². The van der Waals surface area contributed by atoms with Gasteiger partial charge in [0.05, 0.1) is 0 Å². The van der Waals surface area contributed by atoms with Gasteiger partial charge in [-0.05, 0) is 72.3 Å². The molecule has 3 unspecified atom stereocenters. The number of benzene rings is 1. The molecule has 0 heterocycles. The first-order chi connectivity index (χ1) is 13.1. The van der Waals surface area contributed by atoms with Gasteiger partial charge in [0, 0.05) is 12.8 Å². The molecule has 3 atom stereocenters. The van der Waals surface area contributed by atoms with Gasteiger partial charge in [-0.1, -0.05) is 37.3 Å². The highest BCUT2D eigenvalue weighted by Gasteiger charge is 2.33. The van der Waals surface area contributed by atoms with Gasteiger partial charge in [-0.3, -0.25) is 0 Å². The standard InChI is InChI=1S/C25H33FN/c1-4-9-21-17-23(26)18-24-20(5-2)16-22(25(21)24)13-15-27(3)14-12-19-10-7-6-8-11-19/h4,6-8,10,17-20,22H,1,3,5,9,11-16H2,2H3/q+1. The van der Waals surface area contributed by atoms with Crippen molar-refractivity contribution in [1.82, 2.24) is 0 Å². The first kappa shape index (κ1) is 19.8. The molecule has 0 saturated carbocycles. The van der Waals surface area contributed by atoms with Crippen LogP contribution in [-0.2, 0) is 6.42 Å². The topological polar surface area (TPSA) is 3.01 Å². The third-order valence-electron chi connectivity index (χ3n) is 6.22. The summed E-state index contributed by atoms with van der Waals surface area (Å²) in [5.74, 6) is 1.56. The summed E-state index contributed by atoms with van der Waals surface area (Å²) in [4.78, 5) is 0. The van der Waals surface area contributed by atoms with Crippen LogP contribution in [0.1, 0.15) is 67.6 Å². The van der Waals surface area contributed by atoms with Gasteiger partial charge >= 0.3 is 0 Å². The first-order valence-electron chi connectivity index (χ1n) is 10.4. The van der Waals surface area contributed by atoms with Crippen LogP contribution >= 0.6 is 0 Å². The van der Waals surface area contributed by atoms with Gasteiger partial charge in [0.25, 0.3) is 0 Å². The van der Waals surface area contributed by atoms with Gasteiger partial charge in [0.1, 0.15) is 25.6 Å². The van der Waals surface area contributed by atoms with Crippen molar-refractivity contribution in [2.75, 3.05) is 13.1 Å². The van der Waals surface area contributed by atoms with Crippen molar-refractivity contribution >= 4 is 6.72 Å². The van der Waals surface area contributed by atoms with Crippen LogP contribution in [0.15, 0.2) is 49.1 Å². The lowest BCUT2D eigenvalue weighted by Crippen LogP contribution is -2.17. The second kappa shape index (κ2) is 9.30. The van der Waals surface area contributed by atoms with Gasteiger partial charge in [-0.15, -0.1) is 6.58 Å². The van der Waals surface area contributed by atoms with Crippen LogP contribution < -0.4 is 0 Å². The SMILES string of the molecule is C=CCc1cc(F)cc2c1C(CC[N+](=C)CCC1C=CC=CC1)CC2CC. The van der Waals surface area contributed by atoms with Crippen LogP contribution in [0.3, 0.4) is 0 Å². The zero-order valence-electron chi connectivity index (χ0n) is 16.7. The minimum absolute atomic E-state index is 0.0990. The smallest absolute Gasteiger partial charge is 0.142 e. The molecule has 0 spiro atoms. The quantitative estimate of drug-likeness (QED) is 0.280. The van der Waals surface area contributed by atoms with Crippen LogP contribution in [0.5, 0.6) is 0 Å². The number of rotatable bonds is 9. The second-order valence-electron chi connectivity index (χ2n) is 8.10. The van der Waals surface area contributed by atoms with Crippen molar-refractivity contribution in [1.29, 1.82) is 0 Å². The number of hydrogen-bond donors (Lipinski definition) is 0. The summed E-state index contributed by atoms with van der Waals surface area (Å²) in [6, 6.07) is 3.50. The average Bonchev–Trinajstić information content (AvgIpc) is 3.03. The summed E-state index contributed by atoms with van der Waals surface area (Å²) in [6.45, 7) is 12.4. The molecule has 1 aromatic rings. The van der Waals surface area contributed by atoms with E-state index in [1.165, 1.54) is 11.1 Å². The molecule has 0 aromatic heterocycles. The lowest BCUT2D eigenvalue weighted by Gasteiger charge is -2.16. The second-order valence-corrected chi connectivity index (χ2v) is 8.10. The van der Waals surface area contributed by atoms with E-state index < -0.39 is 0 Å². The molecule has 1 aromatic carbocycles. The maximum atomic E-state index is 14.1. The van der Waals surface area contributed by atoms with Crippen molar-refractivity contribution in [2.24, 2.45) is 5.92 Å². The third-order valence-corrected chi connectivity index (χ3v) is 6.22. The molecule has 2 aliphatic rings. The Hall–Kier alpha value is -1.96. The van der Waals surface area contributed by atoms with E-state index in [2.05, 4.69) is 49.1 Å². The van der Waals surface area contributed by atoms with Crippen LogP contribution in [0.4, 0.5) is 4.39 Å². The fraction of sp³-hybridized carbons (Fsp3) is 0.480. The first-order valence-corrected chi connectivity index (χ1v) is 10.4. The van der Waals surface area contributed by atoms with Crippen molar-refractivity contribution in [3.8, 4) is 0 Å². The Morgan fingerprint density at radius 3 is 2.70 bits per heavy atom. The van der Waals surface area contributed by atoms with Gasteiger partial charge < -0.3 is 0 Å². The van der Waals surface area contributed by atoms with Crippen LogP contribution in [0.2, 0.25) is 0 Å². The van der Waals surface area contributed by atoms with Gasteiger partial charge in [-0.25, -0.2) is 8.97 Å². The van der Waals surface area contributed by atoms with E-state index in [1.807, 2.05) is 6.08 Å². The Balaban J connectivity index is 1.62. The molecule has 0 radical (unpaired) electrons. The molecule has 2 heteroatoms. The Kier molecular flexibility index (Phi) is 6.82. The van der Waals surface area contributed by atoms with Crippen LogP contribution in [-0.4, -0.2) is 24.4 Å². The largest absolute Gasteiger partial charge is 0.242 e. The monoisotopic (exact) mass is 366 g/mol. The summed E-state index contributed by atoms with van der Waals surface area (Å²) in [6.07, 6.45) is 17.1. The van der Waals surface area contributed by atoms with E-state index in [0.29, 0.717) is 17.8 Å². The zero-order valence-corrected chi connectivity index (χ0v) is 16.7. The van der Waals surface area contributed by atoms with Crippen LogP contribution in [0, 0.1) is 11.7 Å². The number of halogens is 1. The minimum Gasteiger partial charge on any atom is -0.242 e. The number of hydrogen-bond acceptors (Lipinski definition) is 0. The number of fused-ring (bicyclic) bond motifs is 1. The highest BCUT2D eigenvalue weighted by atomic mass is 19.1. The average molecular weight is 367 g/mol. The molecule has 3 rings (SSSR count). The van der Waals surface area contributed by atoms with Crippen molar-refractivity contribution in [2.45, 2.75) is 57.3 Å². The highest BCUT2D eigenvalue weighted by Crippen LogP contribution is 2.47. The van der Waals surface area contributed by atoms with E-state index >= 15 is 0 Å². The molecule has 0 saturated heterocycles. The van der Waals surface area contributed by atoms with Gasteiger partial charge in [-0.2, -0.15) is 0 Å². The molecule has 0 bridgehead atoms. The maximum Gasteiger partial charge on any atom is 0.142 e. The summed E-state index contributed by atoms with van der Waals surface area (Å²) in [5, 5.41) is 0. The lowest BCUT2D eigenvalue weighted by molar-refractivity contribution is -0.521. The Morgan fingerprint density at radius 2 is 2.00 bits per heavy atom. The summed E-state index contributed by atoms with van der Waals surface area (Å²) in [7, 11) is 0. The van der Waals surface area contributed by atoms with E-state index in [1.54, 1.807) is 12.1 Å². The fourth-order valence-electron chi connectivity index (χ4n) is 4.74. The molecule has 27 heavy (non-hydrogen) atoms. The molecule has 144 valence electrons. The van der Waals surface area contributed by atoms with Crippen molar-refractivity contribution in [3.63, 3.8) is 0 Å². The molecule has 0 fully saturated rings. The third kappa shape index (κ3) is 4.86. The van der Waals surface area contributed by atoms with Gasteiger partial charge in [0.2, 0.25) is 0 Å². The molecule has 1 nitrogen and oxygen atoms in total. The fourth-order valence-corrected chi connectivity index (χ4v) is 4.74. The highest BCUT2D eigenvalue weighted by molar-refractivity contribution is 5.45. The van der Waals surface area contributed by atoms with E-state index in [-0.39, 0.29) is 5.82 Å². The van der Waals surface area contributed by atoms with E-state index in [9.17, 15) is 4.39 Å². The van der Waals surface area contributed by atoms with Crippen LogP contribution in [0.25, 0.3) is 0 Å². The minimum atomic E-state index is -0.0990. The molecular weight excluding hydrogens is 333 g/mol. The lowest BCUT2D eigenvalue weighted by atomic mass is 9.91. The predicted molar refractivity (Wildman–Crippen MR) is 113 cm³/mol. The van der Waals surface area contributed by atoms with Crippen molar-refractivity contribution < 1.29 is 8.97 Å². The maximum absolute atomic E-state index is 14.1. The Labute approximate surface area is 164 Å². The number of nitrogens with zero attached hydrogens (tertiary/aromatic N) is 1. The van der Waals surface area contributed by atoms with E-state index in [4.69, 9.17) is 0 Å². The summed E-state index contributed by atoms with van der Waals surface area (Å²) in [5.41, 5.74) is 3.78. The molecule has 2 aliphatic carbocycles. The Morgan fingerprint density at radius 1 is 1.19 bits per heavy atom. The molecule has 0 amide bonds. The molecule has 0 aliphatic heterocycles. The van der Waals surface area contributed by atoms with Crippen molar-refractivity contribution in [3.05, 3.63) is 71.6 Å². The predicted octanol–water partition coefficient (Wildman–Crippen LogP) is 6.16. The zero-order chi connectivity index (χ0) is 19.2. The summed E-state index contributed by atoms with van der Waals surface area (Å²) < 4.78 is 16.3. The summed E-state index contributed by atoms with van der Waals surface area (Å²) >= 11 is 0. The normalized spacial score (nSPS) is 23.4.